The number of hydrogen-bond donors (Lipinski definition) is 1. The SMILES string of the molecule is COc1cc(C(=O)NCC(=O)N(Cc2ccccc2F)C2CC2)ccc1OC(F)F. The summed E-state index contributed by atoms with van der Waals surface area (Å²) in [4.78, 5) is 26.6. The van der Waals surface area contributed by atoms with Crippen LogP contribution in [0.1, 0.15) is 28.8 Å². The van der Waals surface area contributed by atoms with Gasteiger partial charge in [-0.05, 0) is 37.1 Å². The molecule has 2 amide bonds. The molecule has 0 unspecified atom stereocenters. The van der Waals surface area contributed by atoms with Gasteiger partial charge in [-0.25, -0.2) is 4.39 Å². The van der Waals surface area contributed by atoms with Crippen molar-refractivity contribution in [3.63, 3.8) is 0 Å². The van der Waals surface area contributed by atoms with E-state index in [0.717, 1.165) is 12.8 Å². The summed E-state index contributed by atoms with van der Waals surface area (Å²) in [5.74, 6) is -1.54. The van der Waals surface area contributed by atoms with Crippen LogP contribution in [0.25, 0.3) is 0 Å². The second kappa shape index (κ2) is 9.51. The minimum atomic E-state index is -3.03. The summed E-state index contributed by atoms with van der Waals surface area (Å²) >= 11 is 0. The molecule has 1 saturated carbocycles. The first-order valence-corrected chi connectivity index (χ1v) is 9.33. The molecule has 1 aliphatic carbocycles. The number of ether oxygens (including phenoxy) is 2. The first kappa shape index (κ1) is 21.5. The van der Waals surface area contributed by atoms with E-state index in [-0.39, 0.29) is 42.1 Å². The van der Waals surface area contributed by atoms with Crippen molar-refractivity contribution < 1.29 is 32.2 Å². The monoisotopic (exact) mass is 422 g/mol. The van der Waals surface area contributed by atoms with E-state index in [4.69, 9.17) is 4.74 Å². The van der Waals surface area contributed by atoms with Crippen molar-refractivity contribution in [1.82, 2.24) is 10.2 Å². The van der Waals surface area contributed by atoms with Crippen LogP contribution in [0, 0.1) is 5.82 Å². The molecule has 3 rings (SSSR count). The molecular weight excluding hydrogens is 401 g/mol. The van der Waals surface area contributed by atoms with Gasteiger partial charge in [0.15, 0.2) is 11.5 Å². The van der Waals surface area contributed by atoms with E-state index in [1.807, 2.05) is 0 Å². The van der Waals surface area contributed by atoms with Gasteiger partial charge in [0.2, 0.25) is 5.91 Å². The lowest BCUT2D eigenvalue weighted by Gasteiger charge is -2.23. The van der Waals surface area contributed by atoms with Gasteiger partial charge >= 0.3 is 6.61 Å². The molecule has 0 atom stereocenters. The summed E-state index contributed by atoms with van der Waals surface area (Å²) in [6.07, 6.45) is 1.66. The zero-order valence-electron chi connectivity index (χ0n) is 16.2. The molecule has 2 aromatic rings. The maximum Gasteiger partial charge on any atom is 0.387 e. The number of methoxy groups -OCH3 is 1. The van der Waals surface area contributed by atoms with Crippen molar-refractivity contribution in [2.45, 2.75) is 32.0 Å². The molecular formula is C21H21F3N2O4. The Bertz CT molecular complexity index is 919. The van der Waals surface area contributed by atoms with E-state index in [9.17, 15) is 22.8 Å². The molecule has 1 aliphatic rings. The summed E-state index contributed by atoms with van der Waals surface area (Å²) in [6, 6.07) is 9.98. The van der Waals surface area contributed by atoms with E-state index in [1.165, 1.54) is 31.4 Å². The molecule has 0 aliphatic heterocycles. The fourth-order valence-electron chi connectivity index (χ4n) is 2.98. The lowest BCUT2D eigenvalue weighted by Crippen LogP contribution is -2.41. The van der Waals surface area contributed by atoms with Crippen LogP contribution < -0.4 is 14.8 Å². The standard InChI is InChI=1S/C21H21F3N2O4/c1-29-18-10-13(6-9-17(18)30-21(23)24)20(28)25-11-19(27)26(15-7-8-15)12-14-4-2-3-5-16(14)22/h2-6,9-10,15,21H,7-8,11-12H2,1H3,(H,25,28). The van der Waals surface area contributed by atoms with Crippen molar-refractivity contribution in [1.29, 1.82) is 0 Å². The number of hydrogen-bond acceptors (Lipinski definition) is 4. The fourth-order valence-corrected chi connectivity index (χ4v) is 2.98. The normalized spacial score (nSPS) is 13.1. The van der Waals surface area contributed by atoms with Gasteiger partial charge < -0.3 is 19.7 Å². The highest BCUT2D eigenvalue weighted by atomic mass is 19.3. The fraction of sp³-hybridized carbons (Fsp3) is 0.333. The Morgan fingerprint density at radius 1 is 1.17 bits per heavy atom. The molecule has 6 nitrogen and oxygen atoms in total. The van der Waals surface area contributed by atoms with E-state index in [1.54, 1.807) is 23.1 Å². The Morgan fingerprint density at radius 3 is 2.53 bits per heavy atom. The molecule has 0 aromatic heterocycles. The second-order valence-electron chi connectivity index (χ2n) is 6.77. The highest BCUT2D eigenvalue weighted by Crippen LogP contribution is 2.30. The Labute approximate surface area is 171 Å². The molecule has 0 saturated heterocycles. The number of nitrogens with zero attached hydrogens (tertiary/aromatic N) is 1. The van der Waals surface area contributed by atoms with E-state index in [2.05, 4.69) is 10.1 Å². The van der Waals surface area contributed by atoms with Gasteiger partial charge in [-0.1, -0.05) is 18.2 Å². The summed E-state index contributed by atoms with van der Waals surface area (Å²) in [7, 11) is 1.26. The van der Waals surface area contributed by atoms with Crippen molar-refractivity contribution in [3.8, 4) is 11.5 Å². The molecule has 30 heavy (non-hydrogen) atoms. The quantitative estimate of drug-likeness (QED) is 0.673. The Kier molecular flexibility index (Phi) is 6.81. The Morgan fingerprint density at radius 2 is 1.90 bits per heavy atom. The van der Waals surface area contributed by atoms with E-state index in [0.29, 0.717) is 5.56 Å². The molecule has 0 heterocycles. The van der Waals surface area contributed by atoms with Crippen molar-refractivity contribution in [2.24, 2.45) is 0 Å². The highest BCUT2D eigenvalue weighted by molar-refractivity contribution is 5.97. The summed E-state index contributed by atoms with van der Waals surface area (Å²) in [5.41, 5.74) is 0.525. The summed E-state index contributed by atoms with van der Waals surface area (Å²) in [6.45, 7) is -3.18. The predicted octanol–water partition coefficient (Wildman–Crippen LogP) is 3.36. The number of nitrogens with one attached hydrogen (secondary N) is 1. The summed E-state index contributed by atoms with van der Waals surface area (Å²) in [5, 5.41) is 2.51. The van der Waals surface area contributed by atoms with Gasteiger partial charge in [-0.2, -0.15) is 8.78 Å². The molecule has 9 heteroatoms. The van der Waals surface area contributed by atoms with E-state index >= 15 is 0 Å². The lowest BCUT2D eigenvalue weighted by atomic mass is 10.2. The van der Waals surface area contributed by atoms with Crippen molar-refractivity contribution in [3.05, 3.63) is 59.4 Å². The molecule has 2 aromatic carbocycles. The lowest BCUT2D eigenvalue weighted by molar-refractivity contribution is -0.131. The number of carbonyl (C=O) groups is 2. The number of halogens is 3. The molecule has 1 N–H and O–H groups in total. The van der Waals surface area contributed by atoms with Gasteiger partial charge in [0, 0.05) is 23.7 Å². The number of alkyl halides is 2. The minimum absolute atomic E-state index is 0.0277. The minimum Gasteiger partial charge on any atom is -0.493 e. The number of rotatable bonds is 9. The number of benzene rings is 2. The second-order valence-corrected chi connectivity index (χ2v) is 6.77. The van der Waals surface area contributed by atoms with Crippen LogP contribution in [-0.4, -0.2) is 43.0 Å². The van der Waals surface area contributed by atoms with Gasteiger partial charge in [-0.15, -0.1) is 0 Å². The number of carbonyl (C=O) groups excluding carboxylic acids is 2. The Balaban J connectivity index is 1.63. The van der Waals surface area contributed by atoms with Crippen LogP contribution in [0.4, 0.5) is 13.2 Å². The van der Waals surface area contributed by atoms with Crippen LogP contribution in [0.15, 0.2) is 42.5 Å². The average Bonchev–Trinajstić information content (AvgIpc) is 3.56. The van der Waals surface area contributed by atoms with Crippen LogP contribution in [0.3, 0.4) is 0 Å². The van der Waals surface area contributed by atoms with Crippen LogP contribution >= 0.6 is 0 Å². The molecule has 0 radical (unpaired) electrons. The first-order valence-electron chi connectivity index (χ1n) is 9.33. The van der Waals surface area contributed by atoms with Gasteiger partial charge in [0.25, 0.3) is 5.91 Å². The summed E-state index contributed by atoms with van der Waals surface area (Å²) < 4.78 is 48.0. The zero-order chi connectivity index (χ0) is 21.7. The van der Waals surface area contributed by atoms with Crippen LogP contribution in [0.2, 0.25) is 0 Å². The van der Waals surface area contributed by atoms with Crippen LogP contribution in [0.5, 0.6) is 11.5 Å². The first-order chi connectivity index (χ1) is 14.4. The smallest absolute Gasteiger partial charge is 0.387 e. The molecule has 0 spiro atoms. The topological polar surface area (TPSA) is 67.9 Å². The molecule has 1 fully saturated rings. The third-order valence-electron chi connectivity index (χ3n) is 4.65. The van der Waals surface area contributed by atoms with Crippen molar-refractivity contribution >= 4 is 11.8 Å². The predicted molar refractivity (Wildman–Crippen MR) is 102 cm³/mol. The van der Waals surface area contributed by atoms with Gasteiger partial charge in [0.05, 0.1) is 13.7 Å². The third-order valence-corrected chi connectivity index (χ3v) is 4.65. The molecule has 160 valence electrons. The highest BCUT2D eigenvalue weighted by Gasteiger charge is 2.33. The average molecular weight is 422 g/mol. The maximum atomic E-state index is 13.9. The Hall–Kier alpha value is -3.23. The van der Waals surface area contributed by atoms with Crippen molar-refractivity contribution in [2.75, 3.05) is 13.7 Å². The zero-order valence-corrected chi connectivity index (χ0v) is 16.2. The van der Waals surface area contributed by atoms with Gasteiger partial charge in [0.1, 0.15) is 5.82 Å². The number of amides is 2. The third kappa shape index (κ3) is 5.43. The van der Waals surface area contributed by atoms with Gasteiger partial charge in [-0.3, -0.25) is 9.59 Å². The van der Waals surface area contributed by atoms with E-state index < -0.39 is 18.3 Å². The van der Waals surface area contributed by atoms with Crippen LogP contribution in [-0.2, 0) is 11.3 Å². The largest absolute Gasteiger partial charge is 0.493 e. The maximum absolute atomic E-state index is 13.9. The molecule has 0 bridgehead atoms.